The molecule has 1 rings (SSSR count). The van der Waals surface area contributed by atoms with Gasteiger partial charge >= 0.3 is 5.97 Å². The topological polar surface area (TPSA) is 72.5 Å². The van der Waals surface area contributed by atoms with E-state index in [2.05, 4.69) is 0 Å². The van der Waals surface area contributed by atoms with Crippen molar-refractivity contribution in [2.45, 2.75) is 18.9 Å². The van der Waals surface area contributed by atoms with Crippen molar-refractivity contribution in [2.24, 2.45) is 11.7 Å². The average molecular weight is 159 g/mol. The highest BCUT2D eigenvalue weighted by atomic mass is 16.5. The van der Waals surface area contributed by atoms with E-state index < -0.39 is 12.0 Å². The summed E-state index contributed by atoms with van der Waals surface area (Å²) in [4.78, 5) is 10.2. The maximum Gasteiger partial charge on any atom is 0.322 e. The number of ether oxygens (including phenoxy) is 1. The van der Waals surface area contributed by atoms with Gasteiger partial charge in [-0.25, -0.2) is 0 Å². The minimum absolute atomic E-state index is 0.131. The van der Waals surface area contributed by atoms with Crippen molar-refractivity contribution in [2.75, 3.05) is 13.2 Å². The molecular formula is C7H13NO3. The highest BCUT2D eigenvalue weighted by Crippen LogP contribution is 2.28. The molecule has 1 aliphatic carbocycles. The van der Waals surface area contributed by atoms with Crippen molar-refractivity contribution >= 4 is 5.97 Å². The number of nitrogens with two attached hydrogens (primary N) is 1. The van der Waals surface area contributed by atoms with Crippen molar-refractivity contribution in [1.82, 2.24) is 0 Å². The highest BCUT2D eigenvalue weighted by molar-refractivity contribution is 5.73. The summed E-state index contributed by atoms with van der Waals surface area (Å²) in [6.07, 6.45) is 2.42. The smallest absolute Gasteiger partial charge is 0.322 e. The maximum atomic E-state index is 10.2. The van der Waals surface area contributed by atoms with E-state index in [-0.39, 0.29) is 6.61 Å². The Hall–Kier alpha value is -0.610. The molecule has 0 aliphatic heterocycles. The van der Waals surface area contributed by atoms with Crippen molar-refractivity contribution in [3.63, 3.8) is 0 Å². The Kier molecular flexibility index (Phi) is 2.84. The molecule has 4 heteroatoms. The zero-order valence-electron chi connectivity index (χ0n) is 6.32. The minimum atomic E-state index is -0.999. The highest BCUT2D eigenvalue weighted by Gasteiger charge is 2.22. The van der Waals surface area contributed by atoms with E-state index in [1.807, 2.05) is 0 Å². The summed E-state index contributed by atoms with van der Waals surface area (Å²) in [6.45, 7) is 0.798. The molecule has 0 aromatic carbocycles. The molecule has 3 N–H and O–H groups in total. The van der Waals surface area contributed by atoms with Crippen LogP contribution in [0, 0.1) is 5.92 Å². The van der Waals surface area contributed by atoms with E-state index in [9.17, 15) is 4.79 Å². The molecule has 0 spiro atoms. The lowest BCUT2D eigenvalue weighted by Crippen LogP contribution is -2.35. The van der Waals surface area contributed by atoms with E-state index in [0.29, 0.717) is 12.5 Å². The molecule has 0 aromatic rings. The molecule has 1 saturated carbocycles. The Morgan fingerprint density at radius 3 is 2.82 bits per heavy atom. The van der Waals surface area contributed by atoms with Crippen molar-refractivity contribution in [3.8, 4) is 0 Å². The van der Waals surface area contributed by atoms with Crippen molar-refractivity contribution in [3.05, 3.63) is 0 Å². The number of hydrogen-bond donors (Lipinski definition) is 2. The Balaban J connectivity index is 1.96. The van der Waals surface area contributed by atoms with Crippen LogP contribution in [0.25, 0.3) is 0 Å². The largest absolute Gasteiger partial charge is 0.480 e. The van der Waals surface area contributed by atoms with E-state index >= 15 is 0 Å². The summed E-state index contributed by atoms with van der Waals surface area (Å²) in [7, 11) is 0. The molecule has 0 saturated heterocycles. The first-order valence-corrected chi connectivity index (χ1v) is 3.76. The molecule has 1 atom stereocenters. The summed E-state index contributed by atoms with van der Waals surface area (Å²) < 4.78 is 5.07. The number of aliphatic carboxylic acids is 1. The summed E-state index contributed by atoms with van der Waals surface area (Å²) in [5, 5.41) is 8.36. The Labute approximate surface area is 65.3 Å². The Bertz CT molecular complexity index is 145. The fourth-order valence-corrected chi connectivity index (χ4v) is 0.717. The molecule has 0 bridgehead atoms. The van der Waals surface area contributed by atoms with Gasteiger partial charge in [0.15, 0.2) is 0 Å². The first kappa shape index (κ1) is 8.49. The average Bonchev–Trinajstić information content (AvgIpc) is 2.71. The molecular weight excluding hydrogens is 146 g/mol. The lowest BCUT2D eigenvalue weighted by molar-refractivity contribution is -0.140. The predicted octanol–water partition coefficient (Wildman–Crippen LogP) is -0.175. The number of rotatable bonds is 5. The van der Waals surface area contributed by atoms with Crippen LogP contribution in [0.1, 0.15) is 12.8 Å². The van der Waals surface area contributed by atoms with Gasteiger partial charge in [0.1, 0.15) is 6.04 Å². The molecule has 0 aromatic heterocycles. The van der Waals surface area contributed by atoms with Crippen LogP contribution in [0.15, 0.2) is 0 Å². The summed E-state index contributed by atoms with van der Waals surface area (Å²) in [6, 6.07) is -0.867. The van der Waals surface area contributed by atoms with Crippen LogP contribution in [0.4, 0.5) is 0 Å². The minimum Gasteiger partial charge on any atom is -0.480 e. The van der Waals surface area contributed by atoms with Gasteiger partial charge in [-0.2, -0.15) is 0 Å². The summed E-state index contributed by atoms with van der Waals surface area (Å²) >= 11 is 0. The molecule has 4 nitrogen and oxygen atoms in total. The molecule has 0 heterocycles. The fourth-order valence-electron chi connectivity index (χ4n) is 0.717. The number of carbonyl (C=O) groups is 1. The van der Waals surface area contributed by atoms with Crippen LogP contribution in [0.2, 0.25) is 0 Å². The second-order valence-electron chi connectivity index (χ2n) is 2.93. The molecule has 0 unspecified atom stereocenters. The molecule has 0 amide bonds. The third kappa shape index (κ3) is 3.34. The van der Waals surface area contributed by atoms with Gasteiger partial charge in [-0.15, -0.1) is 0 Å². The van der Waals surface area contributed by atoms with E-state index in [1.54, 1.807) is 0 Å². The number of carboxylic acids is 1. The Morgan fingerprint density at radius 1 is 1.73 bits per heavy atom. The normalized spacial score (nSPS) is 19.7. The van der Waals surface area contributed by atoms with Gasteiger partial charge in [-0.3, -0.25) is 4.79 Å². The maximum absolute atomic E-state index is 10.2. The van der Waals surface area contributed by atoms with Gasteiger partial charge in [0.05, 0.1) is 6.61 Å². The van der Waals surface area contributed by atoms with E-state index in [4.69, 9.17) is 15.6 Å². The van der Waals surface area contributed by atoms with Gasteiger partial charge in [0.2, 0.25) is 0 Å². The first-order valence-electron chi connectivity index (χ1n) is 3.76. The molecule has 64 valence electrons. The van der Waals surface area contributed by atoms with Crippen LogP contribution in [0.5, 0.6) is 0 Å². The third-order valence-corrected chi connectivity index (χ3v) is 1.67. The second-order valence-corrected chi connectivity index (χ2v) is 2.93. The second kappa shape index (κ2) is 3.69. The Morgan fingerprint density at radius 2 is 2.36 bits per heavy atom. The van der Waals surface area contributed by atoms with Crippen molar-refractivity contribution in [1.29, 1.82) is 0 Å². The molecule has 11 heavy (non-hydrogen) atoms. The SMILES string of the molecule is N[C@@H](COCC1CC1)C(=O)O. The van der Waals surface area contributed by atoms with Gasteiger partial charge in [-0.1, -0.05) is 0 Å². The molecule has 0 radical (unpaired) electrons. The van der Waals surface area contributed by atoms with Crippen LogP contribution in [0.3, 0.4) is 0 Å². The number of carboxylic acid groups (broad SMARTS) is 1. The lowest BCUT2D eigenvalue weighted by atomic mass is 10.3. The molecule has 1 aliphatic rings. The van der Waals surface area contributed by atoms with Gasteiger partial charge < -0.3 is 15.6 Å². The van der Waals surface area contributed by atoms with Gasteiger partial charge in [0, 0.05) is 6.61 Å². The monoisotopic (exact) mass is 159 g/mol. The summed E-state index contributed by atoms with van der Waals surface area (Å²) in [5.74, 6) is -0.336. The van der Waals surface area contributed by atoms with Gasteiger partial charge in [0.25, 0.3) is 0 Å². The third-order valence-electron chi connectivity index (χ3n) is 1.67. The fraction of sp³-hybridized carbons (Fsp3) is 0.857. The summed E-state index contributed by atoms with van der Waals surface area (Å²) in [5.41, 5.74) is 5.20. The standard InChI is InChI=1S/C7H13NO3/c8-6(7(9)10)4-11-3-5-1-2-5/h5-6H,1-4,8H2,(H,9,10)/t6-/m0/s1. The zero-order chi connectivity index (χ0) is 8.27. The van der Waals surface area contributed by atoms with Crippen LogP contribution < -0.4 is 5.73 Å². The first-order chi connectivity index (χ1) is 5.20. The number of hydrogen-bond acceptors (Lipinski definition) is 3. The van der Waals surface area contributed by atoms with E-state index in [0.717, 1.165) is 0 Å². The lowest BCUT2D eigenvalue weighted by Gasteiger charge is -2.06. The van der Waals surface area contributed by atoms with Crippen LogP contribution in [-0.4, -0.2) is 30.3 Å². The predicted molar refractivity (Wildman–Crippen MR) is 39.2 cm³/mol. The van der Waals surface area contributed by atoms with E-state index in [1.165, 1.54) is 12.8 Å². The van der Waals surface area contributed by atoms with Crippen LogP contribution >= 0.6 is 0 Å². The van der Waals surface area contributed by atoms with Gasteiger partial charge in [-0.05, 0) is 18.8 Å². The quantitative estimate of drug-likeness (QED) is 0.584. The zero-order valence-corrected chi connectivity index (χ0v) is 6.32. The van der Waals surface area contributed by atoms with Crippen molar-refractivity contribution < 1.29 is 14.6 Å². The molecule has 1 fully saturated rings. The van der Waals surface area contributed by atoms with Crippen LogP contribution in [-0.2, 0) is 9.53 Å².